The van der Waals surface area contributed by atoms with Gasteiger partial charge in [0, 0.05) is 26.0 Å². The zero-order valence-electron chi connectivity index (χ0n) is 10.7. The summed E-state index contributed by atoms with van der Waals surface area (Å²) in [7, 11) is 1.79. The lowest BCUT2D eigenvalue weighted by Crippen LogP contribution is -2.24. The summed E-state index contributed by atoms with van der Waals surface area (Å²) in [5.74, 6) is 0.865. The van der Waals surface area contributed by atoms with Gasteiger partial charge in [0.1, 0.15) is 11.9 Å². The van der Waals surface area contributed by atoms with Gasteiger partial charge in [-0.3, -0.25) is 9.78 Å². The predicted molar refractivity (Wildman–Crippen MR) is 70.7 cm³/mol. The van der Waals surface area contributed by atoms with Gasteiger partial charge in [-0.2, -0.15) is 5.26 Å². The van der Waals surface area contributed by atoms with E-state index < -0.39 is 5.56 Å². The van der Waals surface area contributed by atoms with E-state index in [0.717, 1.165) is 5.56 Å². The van der Waals surface area contributed by atoms with E-state index in [-0.39, 0.29) is 5.56 Å². The van der Waals surface area contributed by atoms with Crippen LogP contribution in [0, 0.1) is 18.3 Å². The zero-order chi connectivity index (χ0) is 13.8. The molecule has 2 aromatic rings. The van der Waals surface area contributed by atoms with Gasteiger partial charge in [-0.25, -0.2) is 4.98 Å². The number of nitrogens with one attached hydrogen (secondary N) is 1. The van der Waals surface area contributed by atoms with Crippen molar-refractivity contribution in [1.29, 1.82) is 5.26 Å². The molecule has 0 fully saturated rings. The Balaban J connectivity index is 2.37. The quantitative estimate of drug-likeness (QED) is 0.883. The number of hydrogen-bond acceptors (Lipinski definition) is 5. The van der Waals surface area contributed by atoms with Gasteiger partial charge in [-0.1, -0.05) is 6.07 Å². The Hall–Kier alpha value is -2.68. The Morgan fingerprint density at radius 2 is 2.32 bits per heavy atom. The second kappa shape index (κ2) is 5.31. The molecule has 0 aliphatic heterocycles. The smallest absolute Gasteiger partial charge is 0.271 e. The largest absolute Gasteiger partial charge is 0.354 e. The van der Waals surface area contributed by atoms with Gasteiger partial charge in [0.15, 0.2) is 11.4 Å². The van der Waals surface area contributed by atoms with E-state index in [2.05, 4.69) is 15.0 Å². The predicted octanol–water partition coefficient (Wildman–Crippen LogP) is 0.981. The number of hydrogen-bond donors (Lipinski definition) is 1. The van der Waals surface area contributed by atoms with E-state index in [1.807, 2.05) is 18.2 Å². The minimum atomic E-state index is -0.414. The summed E-state index contributed by atoms with van der Waals surface area (Å²) in [4.78, 5) is 24.2. The van der Waals surface area contributed by atoms with Crippen LogP contribution in [0.1, 0.15) is 17.0 Å². The van der Waals surface area contributed by atoms with Crippen molar-refractivity contribution in [3.05, 3.63) is 51.8 Å². The van der Waals surface area contributed by atoms with Crippen molar-refractivity contribution >= 4 is 5.82 Å². The molecule has 0 bridgehead atoms. The summed E-state index contributed by atoms with van der Waals surface area (Å²) < 4.78 is 0. The van der Waals surface area contributed by atoms with E-state index in [9.17, 15) is 4.79 Å². The van der Waals surface area contributed by atoms with Crippen LogP contribution in [0.25, 0.3) is 0 Å². The molecule has 6 heteroatoms. The second-order valence-electron chi connectivity index (χ2n) is 4.18. The van der Waals surface area contributed by atoms with Crippen molar-refractivity contribution in [1.82, 2.24) is 15.0 Å². The van der Waals surface area contributed by atoms with Crippen molar-refractivity contribution in [2.45, 2.75) is 13.5 Å². The molecule has 2 heterocycles. The molecule has 2 aromatic heterocycles. The summed E-state index contributed by atoms with van der Waals surface area (Å²) in [6.07, 6.45) is 3.43. The van der Waals surface area contributed by atoms with Gasteiger partial charge in [0.2, 0.25) is 0 Å². The zero-order valence-corrected chi connectivity index (χ0v) is 10.7. The maximum atomic E-state index is 11.7. The normalized spacial score (nSPS) is 9.95. The monoisotopic (exact) mass is 255 g/mol. The molecular weight excluding hydrogens is 242 g/mol. The van der Waals surface area contributed by atoms with Crippen LogP contribution in [-0.2, 0) is 6.54 Å². The molecule has 0 aromatic carbocycles. The molecule has 0 amide bonds. The number of pyridine rings is 1. The standard InChI is InChI=1S/C13H13N5O/c1-9-16-12(11(6-14)13(19)17-9)18(2)8-10-4-3-5-15-7-10/h3-5,7H,8H2,1-2H3,(H,16,17,19). The van der Waals surface area contributed by atoms with E-state index in [1.165, 1.54) is 0 Å². The van der Waals surface area contributed by atoms with Crippen LogP contribution in [0.15, 0.2) is 29.3 Å². The molecule has 0 saturated carbocycles. The molecule has 0 saturated heterocycles. The van der Waals surface area contributed by atoms with Gasteiger partial charge >= 0.3 is 0 Å². The molecule has 6 nitrogen and oxygen atoms in total. The number of aryl methyl sites for hydroxylation is 1. The molecule has 0 radical (unpaired) electrons. The molecule has 96 valence electrons. The molecule has 1 N–H and O–H groups in total. The van der Waals surface area contributed by atoms with Gasteiger partial charge in [0.05, 0.1) is 0 Å². The minimum absolute atomic E-state index is 0.0250. The van der Waals surface area contributed by atoms with Crippen molar-refractivity contribution in [3.8, 4) is 6.07 Å². The van der Waals surface area contributed by atoms with Crippen LogP contribution in [0.3, 0.4) is 0 Å². The van der Waals surface area contributed by atoms with Gasteiger partial charge in [0.25, 0.3) is 5.56 Å². The Morgan fingerprint density at radius 3 is 2.95 bits per heavy atom. The van der Waals surface area contributed by atoms with E-state index in [0.29, 0.717) is 18.2 Å². The molecule has 0 unspecified atom stereocenters. The van der Waals surface area contributed by atoms with Crippen molar-refractivity contribution < 1.29 is 0 Å². The number of aromatic amines is 1. The Kier molecular flexibility index (Phi) is 3.57. The molecule has 0 aliphatic carbocycles. The minimum Gasteiger partial charge on any atom is -0.354 e. The van der Waals surface area contributed by atoms with E-state index in [1.54, 1.807) is 31.3 Å². The number of nitriles is 1. The van der Waals surface area contributed by atoms with Crippen molar-refractivity contribution in [2.75, 3.05) is 11.9 Å². The molecule has 19 heavy (non-hydrogen) atoms. The molecule has 0 atom stereocenters. The van der Waals surface area contributed by atoms with Crippen LogP contribution >= 0.6 is 0 Å². The third-order valence-corrected chi connectivity index (χ3v) is 2.63. The number of rotatable bonds is 3. The lowest BCUT2D eigenvalue weighted by Gasteiger charge is -2.19. The van der Waals surface area contributed by atoms with E-state index in [4.69, 9.17) is 5.26 Å². The number of anilines is 1. The van der Waals surface area contributed by atoms with Crippen LogP contribution < -0.4 is 10.5 Å². The molecule has 0 aliphatic rings. The number of H-pyrrole nitrogens is 1. The summed E-state index contributed by atoms with van der Waals surface area (Å²) in [6.45, 7) is 2.21. The maximum absolute atomic E-state index is 11.7. The average molecular weight is 255 g/mol. The first-order valence-electron chi connectivity index (χ1n) is 5.73. The highest BCUT2D eigenvalue weighted by atomic mass is 16.1. The summed E-state index contributed by atoms with van der Waals surface area (Å²) >= 11 is 0. The van der Waals surface area contributed by atoms with Crippen LogP contribution in [0.2, 0.25) is 0 Å². The number of nitrogens with zero attached hydrogens (tertiary/aromatic N) is 4. The SMILES string of the molecule is Cc1nc(N(C)Cc2cccnc2)c(C#N)c(=O)[nH]1. The fraction of sp³-hybridized carbons (Fsp3) is 0.231. The highest BCUT2D eigenvalue weighted by molar-refractivity contribution is 5.52. The first-order chi connectivity index (χ1) is 9.11. The summed E-state index contributed by atoms with van der Waals surface area (Å²) in [5.41, 5.74) is 0.591. The third kappa shape index (κ3) is 2.77. The molecular formula is C13H13N5O. The highest BCUT2D eigenvalue weighted by Gasteiger charge is 2.14. The van der Waals surface area contributed by atoms with E-state index >= 15 is 0 Å². The lowest BCUT2D eigenvalue weighted by atomic mass is 10.2. The maximum Gasteiger partial charge on any atom is 0.271 e. The number of aromatic nitrogens is 3. The Bertz CT molecular complexity index is 672. The second-order valence-corrected chi connectivity index (χ2v) is 4.18. The van der Waals surface area contributed by atoms with Gasteiger partial charge in [-0.15, -0.1) is 0 Å². The summed E-state index contributed by atoms with van der Waals surface area (Å²) in [5, 5.41) is 9.06. The highest BCUT2D eigenvalue weighted by Crippen LogP contribution is 2.14. The fourth-order valence-corrected chi connectivity index (χ4v) is 1.79. The van der Waals surface area contributed by atoms with Gasteiger partial charge < -0.3 is 9.88 Å². The third-order valence-electron chi connectivity index (χ3n) is 2.63. The van der Waals surface area contributed by atoms with Crippen molar-refractivity contribution in [2.24, 2.45) is 0 Å². The fourth-order valence-electron chi connectivity index (χ4n) is 1.79. The topological polar surface area (TPSA) is 85.7 Å². The average Bonchev–Trinajstić information content (AvgIpc) is 2.39. The van der Waals surface area contributed by atoms with Crippen LogP contribution in [0.5, 0.6) is 0 Å². The summed E-state index contributed by atoms with van der Waals surface area (Å²) in [6, 6.07) is 5.66. The van der Waals surface area contributed by atoms with Crippen LogP contribution in [0.4, 0.5) is 5.82 Å². The first-order valence-corrected chi connectivity index (χ1v) is 5.73. The first kappa shape index (κ1) is 12.8. The van der Waals surface area contributed by atoms with Crippen LogP contribution in [-0.4, -0.2) is 22.0 Å². The van der Waals surface area contributed by atoms with Gasteiger partial charge in [-0.05, 0) is 18.6 Å². The molecule has 0 spiro atoms. The lowest BCUT2D eigenvalue weighted by molar-refractivity contribution is 0.864. The Labute approximate surface area is 110 Å². The van der Waals surface area contributed by atoms with Crippen molar-refractivity contribution in [3.63, 3.8) is 0 Å². The molecule has 2 rings (SSSR count). The Morgan fingerprint density at radius 1 is 1.53 bits per heavy atom.